The summed E-state index contributed by atoms with van der Waals surface area (Å²) in [7, 11) is 2.06. The van der Waals surface area contributed by atoms with Crippen LogP contribution in [0.25, 0.3) is 11.0 Å². The van der Waals surface area contributed by atoms with E-state index in [0.717, 1.165) is 47.3 Å². The summed E-state index contributed by atoms with van der Waals surface area (Å²) in [6, 6.07) is 8.43. The number of imidazole rings is 1. The number of aromatic amines is 1. The van der Waals surface area contributed by atoms with Crippen molar-refractivity contribution in [2.75, 3.05) is 25.0 Å². The second kappa shape index (κ2) is 7.03. The minimum Gasteiger partial charge on any atom is -0.352 e. The highest BCUT2D eigenvalue weighted by Crippen LogP contribution is 2.25. The maximum absolute atomic E-state index is 4.70. The first-order chi connectivity index (χ1) is 12.6. The van der Waals surface area contributed by atoms with Crippen molar-refractivity contribution in [3.8, 4) is 0 Å². The predicted octanol–water partition coefficient (Wildman–Crippen LogP) is 3.07. The lowest BCUT2D eigenvalue weighted by Crippen LogP contribution is -2.29. The van der Waals surface area contributed by atoms with Gasteiger partial charge < -0.3 is 15.2 Å². The second-order valence-corrected chi connectivity index (χ2v) is 7.30. The number of H-pyrrole nitrogens is 1. The first-order valence-corrected chi connectivity index (χ1v) is 9.31. The zero-order valence-corrected chi connectivity index (χ0v) is 15.7. The van der Waals surface area contributed by atoms with Gasteiger partial charge in [0.25, 0.3) is 0 Å². The molecule has 1 aliphatic rings. The van der Waals surface area contributed by atoms with Crippen LogP contribution in [0.15, 0.2) is 24.3 Å². The van der Waals surface area contributed by atoms with Crippen molar-refractivity contribution in [2.45, 2.75) is 39.2 Å². The zero-order chi connectivity index (χ0) is 18.1. The molecule has 3 aromatic rings. The third-order valence-corrected chi connectivity index (χ3v) is 5.02. The average molecular weight is 350 g/mol. The van der Waals surface area contributed by atoms with Crippen LogP contribution in [-0.2, 0) is 6.54 Å². The molecule has 1 aliphatic heterocycles. The van der Waals surface area contributed by atoms with Gasteiger partial charge in [-0.15, -0.1) is 0 Å². The van der Waals surface area contributed by atoms with Gasteiger partial charge >= 0.3 is 0 Å². The molecule has 0 unspecified atom stereocenters. The smallest absolute Gasteiger partial charge is 0.132 e. The summed E-state index contributed by atoms with van der Waals surface area (Å²) in [5.41, 5.74) is 4.47. The molecule has 1 saturated heterocycles. The summed E-state index contributed by atoms with van der Waals surface area (Å²) >= 11 is 0. The normalized spacial score (nSPS) is 17.6. The predicted molar refractivity (Wildman–Crippen MR) is 105 cm³/mol. The minimum atomic E-state index is 0.478. The van der Waals surface area contributed by atoms with Gasteiger partial charge in [0.05, 0.1) is 23.3 Å². The Morgan fingerprint density at radius 1 is 1.15 bits per heavy atom. The molecule has 26 heavy (non-hydrogen) atoms. The van der Waals surface area contributed by atoms with Gasteiger partial charge in [0, 0.05) is 25.6 Å². The van der Waals surface area contributed by atoms with E-state index >= 15 is 0 Å². The highest BCUT2D eigenvalue weighted by Gasteiger charge is 2.19. The molecular weight excluding hydrogens is 324 g/mol. The van der Waals surface area contributed by atoms with Crippen LogP contribution in [0.4, 0.5) is 5.82 Å². The topological polar surface area (TPSA) is 69.7 Å². The number of hydrogen-bond donors (Lipinski definition) is 2. The number of nitrogens with one attached hydrogen (secondary N) is 2. The van der Waals surface area contributed by atoms with Crippen molar-refractivity contribution in [3.63, 3.8) is 0 Å². The summed E-state index contributed by atoms with van der Waals surface area (Å²) in [6.45, 7) is 6.87. The monoisotopic (exact) mass is 350 g/mol. The fourth-order valence-corrected chi connectivity index (χ4v) is 3.64. The number of aromatic nitrogens is 4. The fraction of sp³-hybridized carbons (Fsp3) is 0.450. The molecule has 2 aromatic heterocycles. The molecule has 136 valence electrons. The number of fused-ring (bicyclic) bond motifs is 1. The number of piperidine rings is 1. The fourth-order valence-electron chi connectivity index (χ4n) is 3.64. The standard InChI is InChI=1S/C20H26N6/c1-13-6-7-16-18(9-13)25-19(24-16)12-26(3)20-10-17(22-14(2)23-20)15-5-4-8-21-11-15/h6-7,9-10,15,21H,4-5,8,11-12H2,1-3H3,(H,24,25)/t15-/m1/s1. The largest absolute Gasteiger partial charge is 0.352 e. The van der Waals surface area contributed by atoms with Gasteiger partial charge in [-0.1, -0.05) is 6.07 Å². The van der Waals surface area contributed by atoms with Gasteiger partial charge in [-0.25, -0.2) is 15.0 Å². The van der Waals surface area contributed by atoms with Gasteiger partial charge in [-0.05, 0) is 50.9 Å². The Hall–Kier alpha value is -2.47. The number of benzene rings is 1. The molecule has 6 nitrogen and oxygen atoms in total. The van der Waals surface area contributed by atoms with Gasteiger partial charge in [0.2, 0.25) is 0 Å². The average Bonchev–Trinajstić information content (AvgIpc) is 3.03. The van der Waals surface area contributed by atoms with E-state index in [4.69, 9.17) is 9.97 Å². The van der Waals surface area contributed by atoms with Crippen LogP contribution in [0.3, 0.4) is 0 Å². The molecule has 0 spiro atoms. The van der Waals surface area contributed by atoms with Crippen LogP contribution in [0, 0.1) is 13.8 Å². The van der Waals surface area contributed by atoms with Crippen LogP contribution in [-0.4, -0.2) is 40.1 Å². The highest BCUT2D eigenvalue weighted by atomic mass is 15.2. The summed E-state index contributed by atoms with van der Waals surface area (Å²) in [5.74, 6) is 3.21. The van der Waals surface area contributed by atoms with Crippen molar-refractivity contribution in [3.05, 3.63) is 47.2 Å². The molecule has 0 saturated carbocycles. The van der Waals surface area contributed by atoms with Crippen LogP contribution in [0.1, 0.15) is 41.7 Å². The first kappa shape index (κ1) is 17.0. The molecule has 3 heterocycles. The summed E-state index contributed by atoms with van der Waals surface area (Å²) in [5, 5.41) is 3.47. The maximum Gasteiger partial charge on any atom is 0.132 e. The quantitative estimate of drug-likeness (QED) is 0.757. The third-order valence-electron chi connectivity index (χ3n) is 5.02. The van der Waals surface area contributed by atoms with E-state index in [1.807, 2.05) is 6.92 Å². The number of nitrogens with zero attached hydrogens (tertiary/aromatic N) is 4. The minimum absolute atomic E-state index is 0.478. The van der Waals surface area contributed by atoms with Crippen LogP contribution < -0.4 is 10.2 Å². The van der Waals surface area contributed by atoms with Crippen molar-refractivity contribution in [2.24, 2.45) is 0 Å². The Labute approximate surface area is 154 Å². The summed E-state index contributed by atoms with van der Waals surface area (Å²) < 4.78 is 0. The highest BCUT2D eigenvalue weighted by molar-refractivity contribution is 5.75. The van der Waals surface area contributed by atoms with Gasteiger partial charge in [-0.3, -0.25) is 0 Å². The van der Waals surface area contributed by atoms with E-state index in [9.17, 15) is 0 Å². The lowest BCUT2D eigenvalue weighted by molar-refractivity contribution is 0.453. The number of anilines is 1. The SMILES string of the molecule is Cc1ccc2nc(CN(C)c3cc([C@@H]4CCCNC4)nc(C)n3)[nH]c2c1. The van der Waals surface area contributed by atoms with Gasteiger partial charge in [-0.2, -0.15) is 0 Å². The molecule has 1 fully saturated rings. The zero-order valence-electron chi connectivity index (χ0n) is 15.7. The summed E-state index contributed by atoms with van der Waals surface area (Å²) in [6.07, 6.45) is 2.40. The Balaban J connectivity index is 1.56. The van der Waals surface area contributed by atoms with E-state index in [-0.39, 0.29) is 0 Å². The van der Waals surface area contributed by atoms with E-state index < -0.39 is 0 Å². The number of aryl methyl sites for hydroxylation is 2. The molecule has 0 bridgehead atoms. The van der Waals surface area contributed by atoms with Crippen LogP contribution >= 0.6 is 0 Å². The third kappa shape index (κ3) is 3.55. The molecule has 6 heteroatoms. The molecule has 2 N–H and O–H groups in total. The molecule has 0 aliphatic carbocycles. The molecular formula is C20H26N6. The number of hydrogen-bond acceptors (Lipinski definition) is 5. The Bertz CT molecular complexity index is 910. The Morgan fingerprint density at radius 3 is 2.85 bits per heavy atom. The van der Waals surface area contributed by atoms with E-state index in [1.54, 1.807) is 0 Å². The molecule has 1 aromatic carbocycles. The maximum atomic E-state index is 4.70. The van der Waals surface area contributed by atoms with Crippen molar-refractivity contribution in [1.29, 1.82) is 0 Å². The van der Waals surface area contributed by atoms with E-state index in [2.05, 4.69) is 58.4 Å². The molecule has 4 rings (SSSR count). The molecule has 1 atom stereocenters. The molecule has 0 amide bonds. The van der Waals surface area contributed by atoms with E-state index in [1.165, 1.54) is 18.4 Å². The lowest BCUT2D eigenvalue weighted by atomic mass is 9.96. The van der Waals surface area contributed by atoms with Crippen molar-refractivity contribution >= 4 is 16.9 Å². The van der Waals surface area contributed by atoms with Crippen LogP contribution in [0.2, 0.25) is 0 Å². The Kier molecular flexibility index (Phi) is 4.59. The molecule has 0 radical (unpaired) electrons. The van der Waals surface area contributed by atoms with Gasteiger partial charge in [0.15, 0.2) is 0 Å². The van der Waals surface area contributed by atoms with Crippen molar-refractivity contribution in [1.82, 2.24) is 25.3 Å². The van der Waals surface area contributed by atoms with E-state index in [0.29, 0.717) is 12.5 Å². The van der Waals surface area contributed by atoms with Gasteiger partial charge in [0.1, 0.15) is 17.5 Å². The van der Waals surface area contributed by atoms with Crippen LogP contribution in [0.5, 0.6) is 0 Å². The first-order valence-electron chi connectivity index (χ1n) is 9.31. The number of rotatable bonds is 4. The van der Waals surface area contributed by atoms with Crippen molar-refractivity contribution < 1.29 is 0 Å². The Morgan fingerprint density at radius 2 is 2.04 bits per heavy atom. The summed E-state index contributed by atoms with van der Waals surface area (Å²) in [4.78, 5) is 19.6. The lowest BCUT2D eigenvalue weighted by Gasteiger charge is -2.24. The second-order valence-electron chi connectivity index (χ2n) is 7.30.